The third-order valence-corrected chi connectivity index (χ3v) is 2.67. The van der Waals surface area contributed by atoms with E-state index in [-0.39, 0.29) is 0 Å². The Morgan fingerprint density at radius 3 is 3.00 bits per heavy atom. The summed E-state index contributed by atoms with van der Waals surface area (Å²) in [5, 5.41) is 16.5. The normalized spacial score (nSPS) is 9.94. The summed E-state index contributed by atoms with van der Waals surface area (Å²) in [5.41, 5.74) is 1.28. The first-order chi connectivity index (χ1) is 8.20. The molecular weight excluding hydrogens is 238 g/mol. The molecule has 0 fully saturated rings. The number of nitriles is 1. The minimum absolute atomic E-state index is 0.505. The van der Waals surface area contributed by atoms with Crippen LogP contribution in [0.4, 0.5) is 5.69 Å². The van der Waals surface area contributed by atoms with Gasteiger partial charge >= 0.3 is 0 Å². The zero-order chi connectivity index (χ0) is 12.3. The van der Waals surface area contributed by atoms with E-state index in [2.05, 4.69) is 21.5 Å². The van der Waals surface area contributed by atoms with Gasteiger partial charge < -0.3 is 5.32 Å². The van der Waals surface area contributed by atoms with Crippen LogP contribution in [0.5, 0.6) is 0 Å². The first-order valence-corrected chi connectivity index (χ1v) is 5.35. The van der Waals surface area contributed by atoms with Crippen LogP contribution in [0, 0.1) is 11.3 Å². The van der Waals surface area contributed by atoms with Gasteiger partial charge in [0.05, 0.1) is 28.9 Å². The molecule has 0 atom stereocenters. The van der Waals surface area contributed by atoms with E-state index in [4.69, 9.17) is 16.9 Å². The highest BCUT2D eigenvalue weighted by Gasteiger charge is 2.04. The minimum Gasteiger partial charge on any atom is -0.377 e. The van der Waals surface area contributed by atoms with Crippen LogP contribution in [0.15, 0.2) is 24.5 Å². The van der Waals surface area contributed by atoms with Crippen LogP contribution in [0.3, 0.4) is 0 Å². The molecule has 2 rings (SSSR count). The minimum atomic E-state index is 0.505. The van der Waals surface area contributed by atoms with Crippen molar-refractivity contribution in [2.24, 2.45) is 7.05 Å². The van der Waals surface area contributed by atoms with Gasteiger partial charge in [0.25, 0.3) is 0 Å². The number of rotatable bonds is 3. The lowest BCUT2D eigenvalue weighted by Crippen LogP contribution is -2.07. The molecule has 0 aliphatic carbocycles. The molecule has 0 bridgehead atoms. The van der Waals surface area contributed by atoms with E-state index in [9.17, 15) is 0 Å². The molecule has 1 aromatic heterocycles. The summed E-state index contributed by atoms with van der Waals surface area (Å²) in [6, 6.07) is 7.14. The van der Waals surface area contributed by atoms with Crippen molar-refractivity contribution in [1.82, 2.24) is 14.8 Å². The molecular formula is C11H10ClN5. The molecule has 0 saturated heterocycles. The fraction of sp³-hybridized carbons (Fsp3) is 0.182. The van der Waals surface area contributed by atoms with Crippen LogP contribution in [-0.2, 0) is 13.6 Å². The molecule has 17 heavy (non-hydrogen) atoms. The Morgan fingerprint density at radius 2 is 2.35 bits per heavy atom. The van der Waals surface area contributed by atoms with Crippen molar-refractivity contribution in [3.63, 3.8) is 0 Å². The third-order valence-electron chi connectivity index (χ3n) is 2.34. The number of benzene rings is 1. The Labute approximate surface area is 104 Å². The molecule has 86 valence electrons. The summed E-state index contributed by atoms with van der Waals surface area (Å²) < 4.78 is 1.68. The summed E-state index contributed by atoms with van der Waals surface area (Å²) in [6.07, 6.45) is 1.49. The van der Waals surface area contributed by atoms with Gasteiger partial charge in [-0.2, -0.15) is 10.4 Å². The van der Waals surface area contributed by atoms with Crippen LogP contribution in [0.25, 0.3) is 0 Å². The molecule has 0 unspecified atom stereocenters. The maximum atomic E-state index is 8.80. The van der Waals surface area contributed by atoms with Gasteiger partial charge in [0.2, 0.25) is 0 Å². The van der Waals surface area contributed by atoms with Gasteiger partial charge in [-0.1, -0.05) is 11.6 Å². The molecule has 0 saturated carbocycles. The van der Waals surface area contributed by atoms with Gasteiger partial charge in [-0.3, -0.25) is 4.68 Å². The number of hydrogen-bond acceptors (Lipinski definition) is 4. The highest BCUT2D eigenvalue weighted by Crippen LogP contribution is 2.23. The van der Waals surface area contributed by atoms with Crippen molar-refractivity contribution in [2.75, 3.05) is 5.32 Å². The fourth-order valence-electron chi connectivity index (χ4n) is 1.38. The van der Waals surface area contributed by atoms with Crippen molar-refractivity contribution < 1.29 is 0 Å². The quantitative estimate of drug-likeness (QED) is 0.900. The van der Waals surface area contributed by atoms with Crippen molar-refractivity contribution in [2.45, 2.75) is 6.54 Å². The molecule has 0 spiro atoms. The molecule has 1 aromatic carbocycles. The standard InChI is InChI=1S/C11H10ClN5/c1-17-11(15-7-16-17)6-14-10-4-8(5-13)2-3-9(10)12/h2-4,7,14H,6H2,1H3. The van der Waals surface area contributed by atoms with Gasteiger partial charge in [0, 0.05) is 7.05 Å². The third kappa shape index (κ3) is 2.55. The summed E-state index contributed by atoms with van der Waals surface area (Å²) in [5.74, 6) is 0.795. The second kappa shape index (κ2) is 4.85. The smallest absolute Gasteiger partial charge is 0.145 e. The van der Waals surface area contributed by atoms with Crippen LogP contribution in [-0.4, -0.2) is 14.8 Å². The Kier molecular flexibility index (Phi) is 3.26. The monoisotopic (exact) mass is 247 g/mol. The molecule has 0 aliphatic heterocycles. The Bertz CT molecular complexity index is 569. The summed E-state index contributed by atoms with van der Waals surface area (Å²) in [4.78, 5) is 4.08. The topological polar surface area (TPSA) is 66.5 Å². The number of halogens is 1. The zero-order valence-corrected chi connectivity index (χ0v) is 9.94. The number of aromatic nitrogens is 3. The molecule has 1 N–H and O–H groups in total. The van der Waals surface area contributed by atoms with Crippen molar-refractivity contribution in [3.05, 3.63) is 40.9 Å². The summed E-state index contributed by atoms with van der Waals surface area (Å²) >= 11 is 6.02. The summed E-state index contributed by atoms with van der Waals surface area (Å²) in [6.45, 7) is 0.505. The maximum Gasteiger partial charge on any atom is 0.145 e. The maximum absolute atomic E-state index is 8.80. The van der Waals surface area contributed by atoms with E-state index in [1.165, 1.54) is 6.33 Å². The van der Waals surface area contributed by atoms with Gasteiger partial charge in [-0.25, -0.2) is 4.98 Å². The number of nitrogens with zero attached hydrogens (tertiary/aromatic N) is 4. The summed E-state index contributed by atoms with van der Waals surface area (Å²) in [7, 11) is 1.82. The molecule has 0 aliphatic rings. The molecule has 0 radical (unpaired) electrons. The van der Waals surface area contributed by atoms with Gasteiger partial charge in [0.15, 0.2) is 0 Å². The van der Waals surface area contributed by atoms with E-state index < -0.39 is 0 Å². The number of hydrogen-bond donors (Lipinski definition) is 1. The molecule has 0 amide bonds. The van der Waals surface area contributed by atoms with Gasteiger partial charge in [-0.15, -0.1) is 0 Å². The highest BCUT2D eigenvalue weighted by molar-refractivity contribution is 6.33. The largest absolute Gasteiger partial charge is 0.377 e. The lowest BCUT2D eigenvalue weighted by molar-refractivity contribution is 0.712. The molecule has 1 heterocycles. The first-order valence-electron chi connectivity index (χ1n) is 4.97. The van der Waals surface area contributed by atoms with E-state index in [1.54, 1.807) is 22.9 Å². The van der Waals surface area contributed by atoms with Crippen LogP contribution in [0.1, 0.15) is 11.4 Å². The Balaban J connectivity index is 2.14. The predicted molar refractivity (Wildman–Crippen MR) is 64.5 cm³/mol. The lowest BCUT2D eigenvalue weighted by Gasteiger charge is -2.07. The van der Waals surface area contributed by atoms with Crippen LogP contribution < -0.4 is 5.32 Å². The molecule has 2 aromatic rings. The number of aryl methyl sites for hydroxylation is 1. The highest BCUT2D eigenvalue weighted by atomic mass is 35.5. The van der Waals surface area contributed by atoms with Gasteiger partial charge in [0.1, 0.15) is 12.2 Å². The van der Waals surface area contributed by atoms with E-state index in [1.807, 2.05) is 7.05 Å². The van der Waals surface area contributed by atoms with Gasteiger partial charge in [-0.05, 0) is 18.2 Å². The molecule has 6 heteroatoms. The average Bonchev–Trinajstić information content (AvgIpc) is 2.74. The molecule has 5 nitrogen and oxygen atoms in total. The average molecular weight is 248 g/mol. The first kappa shape index (κ1) is 11.4. The zero-order valence-electron chi connectivity index (χ0n) is 9.18. The Hall–Kier alpha value is -2.06. The second-order valence-corrected chi connectivity index (χ2v) is 3.87. The Morgan fingerprint density at radius 1 is 1.53 bits per heavy atom. The van der Waals surface area contributed by atoms with Crippen LogP contribution in [0.2, 0.25) is 5.02 Å². The van der Waals surface area contributed by atoms with Crippen molar-refractivity contribution in [1.29, 1.82) is 5.26 Å². The second-order valence-electron chi connectivity index (χ2n) is 3.46. The number of anilines is 1. The van der Waals surface area contributed by atoms with Crippen molar-refractivity contribution >= 4 is 17.3 Å². The fourth-order valence-corrected chi connectivity index (χ4v) is 1.57. The van der Waals surface area contributed by atoms with E-state index in [0.29, 0.717) is 22.8 Å². The van der Waals surface area contributed by atoms with Crippen molar-refractivity contribution in [3.8, 4) is 6.07 Å². The van der Waals surface area contributed by atoms with Crippen LogP contribution >= 0.6 is 11.6 Å². The lowest BCUT2D eigenvalue weighted by atomic mass is 10.2. The predicted octanol–water partition coefficient (Wildman–Crippen LogP) is 1.95. The number of nitrogens with one attached hydrogen (secondary N) is 1. The van der Waals surface area contributed by atoms with E-state index in [0.717, 1.165) is 5.82 Å². The SMILES string of the molecule is Cn1ncnc1CNc1cc(C#N)ccc1Cl. The van der Waals surface area contributed by atoms with E-state index >= 15 is 0 Å².